The second-order valence-electron chi connectivity index (χ2n) is 6.56. The van der Waals surface area contributed by atoms with Crippen molar-refractivity contribution in [2.24, 2.45) is 0 Å². The van der Waals surface area contributed by atoms with Crippen molar-refractivity contribution in [1.29, 1.82) is 0 Å². The van der Waals surface area contributed by atoms with Crippen LogP contribution < -0.4 is 5.32 Å². The predicted molar refractivity (Wildman–Crippen MR) is 112 cm³/mol. The van der Waals surface area contributed by atoms with Crippen LogP contribution >= 0.6 is 11.3 Å². The Bertz CT molecular complexity index is 1320. The summed E-state index contributed by atoms with van der Waals surface area (Å²) in [6, 6.07) is 19.2. The lowest BCUT2D eigenvalue weighted by molar-refractivity contribution is 0.102. The Balaban J connectivity index is 1.37. The van der Waals surface area contributed by atoms with E-state index in [9.17, 15) is 4.79 Å². The Morgan fingerprint density at radius 2 is 1.82 bits per heavy atom. The van der Waals surface area contributed by atoms with Gasteiger partial charge in [-0.05, 0) is 67.1 Å². The van der Waals surface area contributed by atoms with Crippen molar-refractivity contribution in [2.45, 2.75) is 6.92 Å². The number of anilines is 1. The quantitative estimate of drug-likeness (QED) is 0.435. The number of benzene rings is 3. The molecule has 0 saturated carbocycles. The number of nitrogens with zero attached hydrogens (tertiary/aromatic N) is 2. The molecule has 6 heteroatoms. The fraction of sp³-hybridized carbons (Fsp3) is 0.0455. The number of thiazole rings is 1. The molecule has 0 radical (unpaired) electrons. The molecule has 0 fully saturated rings. The second kappa shape index (κ2) is 6.58. The van der Waals surface area contributed by atoms with Crippen LogP contribution in [0.2, 0.25) is 0 Å². The van der Waals surface area contributed by atoms with Crippen molar-refractivity contribution >= 4 is 44.2 Å². The molecule has 0 spiro atoms. The van der Waals surface area contributed by atoms with Crippen molar-refractivity contribution < 1.29 is 9.21 Å². The molecule has 2 aromatic heterocycles. The Hall–Kier alpha value is -3.51. The van der Waals surface area contributed by atoms with Gasteiger partial charge in [-0.1, -0.05) is 6.07 Å². The average Bonchev–Trinajstić information content (AvgIpc) is 3.34. The summed E-state index contributed by atoms with van der Waals surface area (Å²) in [4.78, 5) is 21.3. The van der Waals surface area contributed by atoms with Crippen LogP contribution in [0.1, 0.15) is 15.9 Å². The van der Waals surface area contributed by atoms with Gasteiger partial charge in [0.2, 0.25) is 0 Å². The van der Waals surface area contributed by atoms with E-state index in [-0.39, 0.29) is 5.91 Å². The smallest absolute Gasteiger partial charge is 0.255 e. The van der Waals surface area contributed by atoms with E-state index < -0.39 is 0 Å². The van der Waals surface area contributed by atoms with Crippen LogP contribution in [0.4, 0.5) is 5.69 Å². The largest absolute Gasteiger partial charge is 0.443 e. The topological polar surface area (TPSA) is 68.0 Å². The number of aromatic nitrogens is 2. The van der Waals surface area contributed by atoms with Crippen LogP contribution in [0.15, 0.2) is 71.5 Å². The predicted octanol–water partition coefficient (Wildman–Crippen LogP) is 5.67. The number of hydrogen-bond donors (Lipinski definition) is 1. The van der Waals surface area contributed by atoms with E-state index in [0.29, 0.717) is 11.1 Å². The number of fused-ring (bicyclic) bond motifs is 2. The molecule has 28 heavy (non-hydrogen) atoms. The molecule has 0 aliphatic heterocycles. The van der Waals surface area contributed by atoms with Crippen LogP contribution in [0.5, 0.6) is 0 Å². The van der Waals surface area contributed by atoms with Crippen LogP contribution in [0, 0.1) is 6.92 Å². The van der Waals surface area contributed by atoms with Gasteiger partial charge in [0.05, 0.1) is 10.2 Å². The zero-order valence-corrected chi connectivity index (χ0v) is 15.8. The minimum Gasteiger partial charge on any atom is -0.443 e. The zero-order chi connectivity index (χ0) is 19.1. The Kier molecular flexibility index (Phi) is 3.91. The number of carbonyl (C=O) groups is 1. The first-order valence-electron chi connectivity index (χ1n) is 8.78. The lowest BCUT2D eigenvalue weighted by atomic mass is 10.1. The first-order valence-corrected chi connectivity index (χ1v) is 9.60. The van der Waals surface area contributed by atoms with E-state index in [2.05, 4.69) is 29.4 Å². The molecular weight excluding hydrogens is 370 g/mol. The first kappa shape index (κ1) is 16.6. The van der Waals surface area contributed by atoms with Crippen molar-refractivity contribution in [3.05, 3.63) is 78.2 Å². The van der Waals surface area contributed by atoms with Gasteiger partial charge in [0.1, 0.15) is 10.5 Å². The fourth-order valence-electron chi connectivity index (χ4n) is 3.05. The lowest BCUT2D eigenvalue weighted by Crippen LogP contribution is -2.11. The summed E-state index contributed by atoms with van der Waals surface area (Å²) in [5.41, 5.74) is 5.83. The molecule has 0 aliphatic rings. The van der Waals surface area contributed by atoms with Gasteiger partial charge in [0.25, 0.3) is 5.91 Å². The third-order valence-corrected chi connectivity index (χ3v) is 5.59. The average molecular weight is 385 g/mol. The molecule has 0 unspecified atom stereocenters. The Morgan fingerprint density at radius 1 is 1.00 bits per heavy atom. The summed E-state index contributed by atoms with van der Waals surface area (Å²) < 4.78 is 6.44. The van der Waals surface area contributed by atoms with Gasteiger partial charge in [-0.3, -0.25) is 4.79 Å². The number of oxazole rings is 1. The molecule has 5 rings (SSSR count). The standard InChI is InChI=1S/C22H15N3O2S/c1-13-2-8-18-20(10-13)28-22(25-18)14-3-6-16(7-4-14)24-21(26)15-5-9-17-19(11-15)27-12-23-17/h2-12H,1H3,(H,24,26). The van der Waals surface area contributed by atoms with Crippen LogP contribution in [-0.4, -0.2) is 15.9 Å². The van der Waals surface area contributed by atoms with Crippen LogP contribution in [-0.2, 0) is 0 Å². The summed E-state index contributed by atoms with van der Waals surface area (Å²) in [6.07, 6.45) is 1.37. The van der Waals surface area contributed by atoms with Gasteiger partial charge < -0.3 is 9.73 Å². The van der Waals surface area contributed by atoms with E-state index >= 15 is 0 Å². The highest BCUT2D eigenvalue weighted by atomic mass is 32.1. The molecule has 136 valence electrons. The van der Waals surface area contributed by atoms with E-state index in [1.165, 1.54) is 16.7 Å². The second-order valence-corrected chi connectivity index (χ2v) is 7.59. The molecule has 3 aromatic carbocycles. The van der Waals surface area contributed by atoms with Crippen LogP contribution in [0.25, 0.3) is 31.9 Å². The van der Waals surface area contributed by atoms with Gasteiger partial charge >= 0.3 is 0 Å². The maximum atomic E-state index is 12.5. The summed E-state index contributed by atoms with van der Waals surface area (Å²) in [7, 11) is 0. The maximum absolute atomic E-state index is 12.5. The molecule has 1 N–H and O–H groups in total. The first-order chi connectivity index (χ1) is 13.7. The van der Waals surface area contributed by atoms with E-state index in [4.69, 9.17) is 9.40 Å². The van der Waals surface area contributed by atoms with Gasteiger partial charge in [0, 0.05) is 16.8 Å². The Labute approximate surface area is 164 Å². The van der Waals surface area contributed by atoms with E-state index in [1.807, 2.05) is 30.3 Å². The van der Waals surface area contributed by atoms with Crippen molar-refractivity contribution in [1.82, 2.24) is 9.97 Å². The van der Waals surface area contributed by atoms with Crippen molar-refractivity contribution in [3.8, 4) is 10.6 Å². The summed E-state index contributed by atoms with van der Waals surface area (Å²) in [5.74, 6) is -0.193. The van der Waals surface area contributed by atoms with Gasteiger partial charge in [-0.15, -0.1) is 11.3 Å². The number of carbonyl (C=O) groups excluding carboxylic acids is 1. The zero-order valence-electron chi connectivity index (χ0n) is 15.0. The highest BCUT2D eigenvalue weighted by molar-refractivity contribution is 7.21. The molecule has 0 saturated heterocycles. The van der Waals surface area contributed by atoms with Crippen LogP contribution in [0.3, 0.4) is 0 Å². The molecule has 5 nitrogen and oxygen atoms in total. The van der Waals surface area contributed by atoms with Gasteiger partial charge in [0.15, 0.2) is 12.0 Å². The molecular formula is C22H15N3O2S. The maximum Gasteiger partial charge on any atom is 0.255 e. The molecule has 2 heterocycles. The Morgan fingerprint density at radius 3 is 2.68 bits per heavy atom. The highest BCUT2D eigenvalue weighted by Crippen LogP contribution is 2.31. The normalized spacial score (nSPS) is 11.2. The molecule has 0 atom stereocenters. The summed E-state index contributed by atoms with van der Waals surface area (Å²) in [6.45, 7) is 2.08. The van der Waals surface area contributed by atoms with Gasteiger partial charge in [-0.25, -0.2) is 9.97 Å². The molecule has 1 amide bonds. The molecule has 0 aliphatic carbocycles. The SMILES string of the molecule is Cc1ccc2nc(-c3ccc(NC(=O)c4ccc5ncoc5c4)cc3)sc2c1. The molecule has 5 aromatic rings. The third kappa shape index (κ3) is 3.04. The summed E-state index contributed by atoms with van der Waals surface area (Å²) >= 11 is 1.67. The third-order valence-electron chi connectivity index (χ3n) is 4.53. The monoisotopic (exact) mass is 385 g/mol. The number of aryl methyl sites for hydroxylation is 1. The number of hydrogen-bond acceptors (Lipinski definition) is 5. The fourth-order valence-corrected chi connectivity index (χ4v) is 4.12. The van der Waals surface area contributed by atoms with Gasteiger partial charge in [-0.2, -0.15) is 0 Å². The minimum atomic E-state index is -0.193. The van der Waals surface area contributed by atoms with Crippen molar-refractivity contribution in [3.63, 3.8) is 0 Å². The molecule has 0 bridgehead atoms. The summed E-state index contributed by atoms with van der Waals surface area (Å²) in [5, 5.41) is 3.88. The highest BCUT2D eigenvalue weighted by Gasteiger charge is 2.10. The number of amides is 1. The van der Waals surface area contributed by atoms with E-state index in [1.54, 1.807) is 29.5 Å². The number of nitrogens with one attached hydrogen (secondary N) is 1. The minimum absolute atomic E-state index is 0.193. The van der Waals surface area contributed by atoms with Crippen molar-refractivity contribution in [2.75, 3.05) is 5.32 Å². The number of rotatable bonds is 3. The lowest BCUT2D eigenvalue weighted by Gasteiger charge is -2.06. The van der Waals surface area contributed by atoms with E-state index in [0.717, 1.165) is 27.3 Å².